The van der Waals surface area contributed by atoms with Crippen molar-refractivity contribution in [2.24, 2.45) is 0 Å². The van der Waals surface area contributed by atoms with E-state index in [0.717, 1.165) is 12.1 Å². The van der Waals surface area contributed by atoms with Gasteiger partial charge in [-0.15, -0.1) is 0 Å². The molecule has 2 aromatic rings. The van der Waals surface area contributed by atoms with Crippen LogP contribution in [0.1, 0.15) is 6.42 Å². The zero-order valence-electron chi connectivity index (χ0n) is 16.2. The van der Waals surface area contributed by atoms with Crippen molar-refractivity contribution in [1.29, 1.82) is 0 Å². The Bertz CT molecular complexity index is 1090. The van der Waals surface area contributed by atoms with Gasteiger partial charge in [0.25, 0.3) is 0 Å². The van der Waals surface area contributed by atoms with Crippen LogP contribution in [-0.4, -0.2) is 62.3 Å². The van der Waals surface area contributed by atoms with Crippen molar-refractivity contribution in [3.8, 4) is 0 Å². The Kier molecular flexibility index (Phi) is 5.11. The summed E-state index contributed by atoms with van der Waals surface area (Å²) in [4.78, 5) is 15.4. The lowest BCUT2D eigenvalue weighted by atomic mass is 9.92. The van der Waals surface area contributed by atoms with E-state index in [-0.39, 0.29) is 32.1 Å². The van der Waals surface area contributed by atoms with Crippen LogP contribution in [0.2, 0.25) is 0 Å². The third-order valence-corrected chi connectivity index (χ3v) is 7.65. The van der Waals surface area contributed by atoms with Crippen molar-refractivity contribution in [3.63, 3.8) is 0 Å². The van der Waals surface area contributed by atoms with Gasteiger partial charge in [0.1, 0.15) is 17.5 Å². The minimum atomic E-state index is -4.12. The second-order valence-corrected chi connectivity index (χ2v) is 9.67. The second kappa shape index (κ2) is 7.36. The predicted octanol–water partition coefficient (Wildman–Crippen LogP) is 2.22. The summed E-state index contributed by atoms with van der Waals surface area (Å²) in [5.74, 6) is -2.64. The first kappa shape index (κ1) is 20.8. The largest absolute Gasteiger partial charge is 0.309 e. The normalized spacial score (nSPS) is 23.5. The Morgan fingerprint density at radius 3 is 2.33 bits per heavy atom. The van der Waals surface area contributed by atoms with Crippen LogP contribution in [0.15, 0.2) is 47.4 Å². The van der Waals surface area contributed by atoms with Gasteiger partial charge in [-0.3, -0.25) is 9.69 Å². The van der Waals surface area contributed by atoms with Gasteiger partial charge in [-0.25, -0.2) is 21.6 Å². The van der Waals surface area contributed by atoms with Crippen molar-refractivity contribution < 1.29 is 26.4 Å². The SMILES string of the molecule is CN1CC(=O)N(c2cccc(F)c2)CC12CCN(S(=O)(=O)c1cc(F)cc(F)c1)C2. The van der Waals surface area contributed by atoms with Gasteiger partial charge in [0, 0.05) is 31.4 Å². The lowest BCUT2D eigenvalue weighted by molar-refractivity contribution is -0.123. The van der Waals surface area contributed by atoms with Crippen molar-refractivity contribution >= 4 is 21.6 Å². The number of carbonyl (C=O) groups is 1. The molecule has 2 saturated heterocycles. The van der Waals surface area contributed by atoms with E-state index in [4.69, 9.17) is 0 Å². The molecule has 0 radical (unpaired) electrons. The van der Waals surface area contributed by atoms with Crippen LogP contribution in [0.25, 0.3) is 0 Å². The first-order chi connectivity index (χ1) is 14.1. The molecule has 0 N–H and O–H groups in total. The Balaban J connectivity index is 1.63. The number of benzene rings is 2. The number of sulfonamides is 1. The first-order valence-electron chi connectivity index (χ1n) is 9.34. The topological polar surface area (TPSA) is 60.9 Å². The molecule has 2 aliphatic heterocycles. The van der Waals surface area contributed by atoms with Crippen LogP contribution in [0.5, 0.6) is 0 Å². The summed E-state index contributed by atoms with van der Waals surface area (Å²) in [5, 5.41) is 0. The van der Waals surface area contributed by atoms with E-state index in [1.807, 2.05) is 0 Å². The van der Waals surface area contributed by atoms with Crippen LogP contribution in [0.4, 0.5) is 18.9 Å². The third-order valence-electron chi connectivity index (χ3n) is 5.83. The summed E-state index contributed by atoms with van der Waals surface area (Å²) in [5.41, 5.74) is -0.292. The van der Waals surface area contributed by atoms with E-state index in [2.05, 4.69) is 0 Å². The highest BCUT2D eigenvalue weighted by atomic mass is 32.2. The molecule has 1 amide bonds. The quantitative estimate of drug-likeness (QED) is 0.736. The van der Waals surface area contributed by atoms with Gasteiger partial charge in [0.2, 0.25) is 15.9 Å². The van der Waals surface area contributed by atoms with E-state index in [0.29, 0.717) is 18.2 Å². The van der Waals surface area contributed by atoms with Crippen LogP contribution in [-0.2, 0) is 14.8 Å². The molecule has 6 nitrogen and oxygen atoms in total. The second-order valence-electron chi connectivity index (χ2n) is 7.73. The van der Waals surface area contributed by atoms with Crippen molar-refractivity contribution in [2.45, 2.75) is 16.9 Å². The molecule has 4 rings (SSSR count). The molecule has 0 saturated carbocycles. The summed E-state index contributed by atoms with van der Waals surface area (Å²) >= 11 is 0. The maximum Gasteiger partial charge on any atom is 0.243 e. The Hall–Kier alpha value is -2.43. The van der Waals surface area contributed by atoms with Gasteiger partial charge in [0.15, 0.2) is 0 Å². The molecule has 1 unspecified atom stereocenters. The highest BCUT2D eigenvalue weighted by molar-refractivity contribution is 7.89. The third kappa shape index (κ3) is 3.59. The number of hydrogen-bond donors (Lipinski definition) is 0. The van der Waals surface area contributed by atoms with Gasteiger partial charge < -0.3 is 4.90 Å². The molecule has 1 spiro atoms. The van der Waals surface area contributed by atoms with Crippen LogP contribution in [0, 0.1) is 17.5 Å². The Morgan fingerprint density at radius 2 is 1.67 bits per heavy atom. The molecule has 160 valence electrons. The predicted molar refractivity (Wildman–Crippen MR) is 104 cm³/mol. The first-order valence-corrected chi connectivity index (χ1v) is 10.8. The number of halogens is 3. The number of piperazine rings is 1. The number of nitrogens with zero attached hydrogens (tertiary/aromatic N) is 3. The molecule has 0 aromatic heterocycles. The van der Waals surface area contributed by atoms with Gasteiger partial charge in [-0.1, -0.05) is 6.07 Å². The fraction of sp³-hybridized carbons (Fsp3) is 0.350. The summed E-state index contributed by atoms with van der Waals surface area (Å²) in [7, 11) is -2.39. The molecule has 10 heteroatoms. The van der Waals surface area contributed by atoms with Gasteiger partial charge in [-0.05, 0) is 43.8 Å². The lowest BCUT2D eigenvalue weighted by Crippen LogP contribution is -2.64. The zero-order chi connectivity index (χ0) is 21.7. The molecule has 30 heavy (non-hydrogen) atoms. The minimum Gasteiger partial charge on any atom is -0.309 e. The van der Waals surface area contributed by atoms with E-state index in [1.54, 1.807) is 18.0 Å². The van der Waals surface area contributed by atoms with Crippen molar-refractivity contribution in [3.05, 3.63) is 59.9 Å². The molecule has 2 fully saturated rings. The maximum atomic E-state index is 13.7. The highest BCUT2D eigenvalue weighted by Crippen LogP contribution is 2.36. The molecule has 0 aliphatic carbocycles. The van der Waals surface area contributed by atoms with Crippen LogP contribution >= 0.6 is 0 Å². The van der Waals surface area contributed by atoms with Crippen molar-refractivity contribution in [2.75, 3.05) is 38.1 Å². The summed E-state index contributed by atoms with van der Waals surface area (Å²) in [6, 6.07) is 7.86. The summed E-state index contributed by atoms with van der Waals surface area (Å²) in [6.07, 6.45) is 0.416. The molecule has 2 aromatic carbocycles. The van der Waals surface area contributed by atoms with Crippen LogP contribution in [0.3, 0.4) is 0 Å². The number of rotatable bonds is 3. The fourth-order valence-electron chi connectivity index (χ4n) is 4.13. The number of likely N-dealkylation sites (N-methyl/N-ethyl adjacent to an activating group) is 1. The molecular weight excluding hydrogens is 419 g/mol. The summed E-state index contributed by atoms with van der Waals surface area (Å²) < 4.78 is 67.9. The molecule has 2 aliphatic rings. The summed E-state index contributed by atoms with van der Waals surface area (Å²) in [6.45, 7) is 0.396. The molecule has 1 atom stereocenters. The molecule has 2 heterocycles. The average Bonchev–Trinajstić information content (AvgIpc) is 3.10. The van der Waals surface area contributed by atoms with E-state index in [9.17, 15) is 26.4 Å². The number of hydrogen-bond acceptors (Lipinski definition) is 4. The van der Waals surface area contributed by atoms with E-state index in [1.165, 1.54) is 27.4 Å². The number of carbonyl (C=O) groups excluding carboxylic acids is 1. The van der Waals surface area contributed by atoms with E-state index >= 15 is 0 Å². The van der Waals surface area contributed by atoms with Gasteiger partial charge >= 0.3 is 0 Å². The zero-order valence-corrected chi connectivity index (χ0v) is 17.0. The van der Waals surface area contributed by atoms with Gasteiger partial charge in [-0.2, -0.15) is 4.31 Å². The fourth-order valence-corrected chi connectivity index (χ4v) is 5.69. The Labute approximate surface area is 172 Å². The van der Waals surface area contributed by atoms with Crippen molar-refractivity contribution in [1.82, 2.24) is 9.21 Å². The number of amides is 1. The Morgan fingerprint density at radius 1 is 0.967 bits per heavy atom. The maximum absolute atomic E-state index is 13.7. The minimum absolute atomic E-state index is 0.0407. The van der Waals surface area contributed by atoms with Gasteiger partial charge in [0.05, 0.1) is 17.0 Å². The van der Waals surface area contributed by atoms with E-state index < -0.39 is 37.9 Å². The highest BCUT2D eigenvalue weighted by Gasteiger charge is 2.50. The number of anilines is 1. The molecule has 0 bridgehead atoms. The van der Waals surface area contributed by atoms with Crippen LogP contribution < -0.4 is 4.90 Å². The lowest BCUT2D eigenvalue weighted by Gasteiger charge is -2.46. The smallest absolute Gasteiger partial charge is 0.243 e. The molecular formula is C20H20F3N3O3S. The monoisotopic (exact) mass is 439 g/mol. The average molecular weight is 439 g/mol. The standard InChI is InChI=1S/C20H20F3N3O3S/c1-24-11-19(27)26(17-4-2-3-14(21)8-17)13-20(24)5-6-25(12-20)30(28,29)18-9-15(22)7-16(23)10-18/h2-4,7-10H,5-6,11-13H2,1H3.